The van der Waals surface area contributed by atoms with Crippen LogP contribution in [-0.2, 0) is 0 Å². The topological polar surface area (TPSA) is 26.7 Å². The van der Waals surface area contributed by atoms with Gasteiger partial charge in [-0.15, -0.1) is 0 Å². The number of aliphatic hydroxyl groups is 1. The normalized spacial score (nSPS) is 39.4. The molecular weight excluding hydrogens is 260 g/mol. The molecule has 3 nitrogen and oxygen atoms in total. The lowest BCUT2D eigenvalue weighted by Crippen LogP contribution is -2.52. The maximum absolute atomic E-state index is 10.4. The average molecular weight is 294 g/mol. The molecule has 3 aliphatic rings. The second-order valence-electron chi connectivity index (χ2n) is 8.80. The van der Waals surface area contributed by atoms with Crippen molar-refractivity contribution >= 4 is 0 Å². The molecule has 0 aromatic heterocycles. The van der Waals surface area contributed by atoms with E-state index in [1.807, 2.05) is 0 Å². The van der Waals surface area contributed by atoms with Crippen molar-refractivity contribution in [3.63, 3.8) is 0 Å². The second kappa shape index (κ2) is 6.17. The van der Waals surface area contributed by atoms with E-state index < -0.39 is 0 Å². The molecule has 0 radical (unpaired) electrons. The zero-order chi connectivity index (χ0) is 15.0. The number of rotatable bonds is 2. The standard InChI is InChI=1S/C18H34N2O/c1-18(2,3)15-6-7-17(21)14(11-15)12-19-9-10-20-8-4-5-16(20)13-19/h14-17,21H,4-13H2,1-3H3. The van der Waals surface area contributed by atoms with Crippen LogP contribution in [0.15, 0.2) is 0 Å². The summed E-state index contributed by atoms with van der Waals surface area (Å²) >= 11 is 0. The Morgan fingerprint density at radius 2 is 1.86 bits per heavy atom. The highest BCUT2D eigenvalue weighted by Crippen LogP contribution is 2.40. The Bertz CT molecular complexity index is 352. The SMILES string of the molecule is CC(C)(C)C1CCC(O)C(CN2CCN3CCCC3C2)C1. The van der Waals surface area contributed by atoms with E-state index in [1.54, 1.807) is 0 Å². The number of hydrogen-bond donors (Lipinski definition) is 1. The molecule has 0 bridgehead atoms. The number of piperazine rings is 1. The summed E-state index contributed by atoms with van der Waals surface area (Å²) in [5.74, 6) is 1.27. The summed E-state index contributed by atoms with van der Waals surface area (Å²) in [7, 11) is 0. The maximum atomic E-state index is 10.4. The largest absolute Gasteiger partial charge is 0.393 e. The third-order valence-electron chi connectivity index (χ3n) is 6.33. The first-order chi connectivity index (χ1) is 9.93. The first kappa shape index (κ1) is 15.8. The van der Waals surface area contributed by atoms with E-state index in [1.165, 1.54) is 51.9 Å². The Labute approximate surface area is 130 Å². The Kier molecular flexibility index (Phi) is 4.63. The summed E-state index contributed by atoms with van der Waals surface area (Å²) in [4.78, 5) is 5.32. The fourth-order valence-corrected chi connectivity index (χ4v) is 4.78. The third kappa shape index (κ3) is 3.62. The highest BCUT2D eigenvalue weighted by atomic mass is 16.3. The van der Waals surface area contributed by atoms with Crippen molar-refractivity contribution in [2.75, 3.05) is 32.7 Å². The predicted molar refractivity (Wildman–Crippen MR) is 87.3 cm³/mol. The minimum atomic E-state index is -0.0646. The van der Waals surface area contributed by atoms with E-state index in [4.69, 9.17) is 0 Å². The van der Waals surface area contributed by atoms with Crippen LogP contribution in [-0.4, -0.2) is 59.8 Å². The van der Waals surface area contributed by atoms with Gasteiger partial charge in [0, 0.05) is 32.2 Å². The smallest absolute Gasteiger partial charge is 0.0580 e. The van der Waals surface area contributed by atoms with Crippen molar-refractivity contribution in [2.24, 2.45) is 17.3 Å². The molecule has 2 aliphatic heterocycles. The molecule has 122 valence electrons. The van der Waals surface area contributed by atoms with Gasteiger partial charge in [-0.3, -0.25) is 4.90 Å². The average Bonchev–Trinajstić information content (AvgIpc) is 2.87. The second-order valence-corrected chi connectivity index (χ2v) is 8.80. The summed E-state index contributed by atoms with van der Waals surface area (Å²) in [6.07, 6.45) is 6.14. The van der Waals surface area contributed by atoms with Gasteiger partial charge in [0.25, 0.3) is 0 Å². The predicted octanol–water partition coefficient (Wildman–Crippen LogP) is 2.59. The molecule has 1 N–H and O–H groups in total. The minimum absolute atomic E-state index is 0.0646. The van der Waals surface area contributed by atoms with E-state index in [0.29, 0.717) is 11.3 Å². The van der Waals surface area contributed by atoms with Crippen LogP contribution in [0.3, 0.4) is 0 Å². The lowest BCUT2D eigenvalue weighted by Gasteiger charge is -2.44. The van der Waals surface area contributed by atoms with Crippen molar-refractivity contribution in [1.82, 2.24) is 9.80 Å². The van der Waals surface area contributed by atoms with Gasteiger partial charge in [-0.1, -0.05) is 20.8 Å². The van der Waals surface area contributed by atoms with Crippen molar-refractivity contribution in [1.29, 1.82) is 0 Å². The number of fused-ring (bicyclic) bond motifs is 1. The Hall–Kier alpha value is -0.120. The van der Waals surface area contributed by atoms with Gasteiger partial charge in [-0.05, 0) is 55.9 Å². The third-order valence-corrected chi connectivity index (χ3v) is 6.33. The fraction of sp³-hybridized carbons (Fsp3) is 1.00. The van der Waals surface area contributed by atoms with Crippen molar-refractivity contribution in [3.05, 3.63) is 0 Å². The summed E-state index contributed by atoms with van der Waals surface area (Å²) in [5.41, 5.74) is 0.391. The van der Waals surface area contributed by atoms with Crippen LogP contribution in [0.5, 0.6) is 0 Å². The molecule has 4 atom stereocenters. The fourth-order valence-electron chi connectivity index (χ4n) is 4.78. The molecule has 3 fully saturated rings. The van der Waals surface area contributed by atoms with Gasteiger partial charge < -0.3 is 10.0 Å². The van der Waals surface area contributed by atoms with E-state index in [-0.39, 0.29) is 6.10 Å². The molecule has 2 heterocycles. The van der Waals surface area contributed by atoms with Gasteiger partial charge in [0.1, 0.15) is 0 Å². The van der Waals surface area contributed by atoms with Crippen LogP contribution in [0.25, 0.3) is 0 Å². The molecule has 0 aromatic carbocycles. The molecule has 3 heteroatoms. The lowest BCUT2D eigenvalue weighted by atomic mass is 9.68. The zero-order valence-corrected chi connectivity index (χ0v) is 14.2. The van der Waals surface area contributed by atoms with Crippen LogP contribution in [0.2, 0.25) is 0 Å². The van der Waals surface area contributed by atoms with E-state index in [9.17, 15) is 5.11 Å². The van der Waals surface area contributed by atoms with Crippen molar-refractivity contribution in [3.8, 4) is 0 Å². The Morgan fingerprint density at radius 3 is 2.62 bits per heavy atom. The Balaban J connectivity index is 1.55. The summed E-state index contributed by atoms with van der Waals surface area (Å²) < 4.78 is 0. The molecule has 2 saturated heterocycles. The van der Waals surface area contributed by atoms with Gasteiger partial charge in [-0.25, -0.2) is 0 Å². The van der Waals surface area contributed by atoms with Gasteiger partial charge in [0.05, 0.1) is 6.10 Å². The van der Waals surface area contributed by atoms with E-state index >= 15 is 0 Å². The highest BCUT2D eigenvalue weighted by molar-refractivity contribution is 4.91. The van der Waals surface area contributed by atoms with Gasteiger partial charge in [-0.2, -0.15) is 0 Å². The molecule has 21 heavy (non-hydrogen) atoms. The summed E-state index contributed by atoms with van der Waals surface area (Å²) in [6.45, 7) is 13.2. The van der Waals surface area contributed by atoms with Crippen molar-refractivity contribution < 1.29 is 5.11 Å². The minimum Gasteiger partial charge on any atom is -0.393 e. The molecule has 0 amide bonds. The molecular formula is C18H34N2O. The monoisotopic (exact) mass is 294 g/mol. The Morgan fingerprint density at radius 1 is 1.05 bits per heavy atom. The molecule has 1 aliphatic carbocycles. The lowest BCUT2D eigenvalue weighted by molar-refractivity contribution is -0.00778. The first-order valence-corrected chi connectivity index (χ1v) is 9.08. The van der Waals surface area contributed by atoms with Crippen LogP contribution in [0.4, 0.5) is 0 Å². The zero-order valence-electron chi connectivity index (χ0n) is 14.2. The number of nitrogens with zero attached hydrogens (tertiary/aromatic N) is 2. The summed E-state index contributed by atoms with van der Waals surface area (Å²) in [6, 6.07) is 0.804. The van der Waals surface area contributed by atoms with Crippen molar-refractivity contribution in [2.45, 2.75) is 65.0 Å². The van der Waals surface area contributed by atoms with E-state index in [2.05, 4.69) is 30.6 Å². The summed E-state index contributed by atoms with van der Waals surface area (Å²) in [5, 5.41) is 10.4. The number of hydrogen-bond acceptors (Lipinski definition) is 3. The first-order valence-electron chi connectivity index (χ1n) is 9.08. The van der Waals surface area contributed by atoms with Crippen LogP contribution < -0.4 is 0 Å². The van der Waals surface area contributed by atoms with Gasteiger partial charge in [0.15, 0.2) is 0 Å². The maximum Gasteiger partial charge on any atom is 0.0580 e. The quantitative estimate of drug-likeness (QED) is 0.848. The van der Waals surface area contributed by atoms with Gasteiger partial charge in [0.2, 0.25) is 0 Å². The molecule has 4 unspecified atom stereocenters. The van der Waals surface area contributed by atoms with E-state index in [0.717, 1.165) is 24.9 Å². The molecule has 0 aromatic rings. The number of aliphatic hydroxyl groups excluding tert-OH is 1. The van der Waals surface area contributed by atoms with Gasteiger partial charge >= 0.3 is 0 Å². The molecule has 3 rings (SSSR count). The molecule has 1 saturated carbocycles. The molecule has 0 spiro atoms. The van der Waals surface area contributed by atoms with Crippen LogP contribution in [0.1, 0.15) is 52.9 Å². The van der Waals surface area contributed by atoms with Crippen LogP contribution >= 0.6 is 0 Å². The highest BCUT2D eigenvalue weighted by Gasteiger charge is 2.37. The van der Waals surface area contributed by atoms with Crippen LogP contribution in [0, 0.1) is 17.3 Å².